The fourth-order valence-electron chi connectivity index (χ4n) is 2.23. The van der Waals surface area contributed by atoms with Crippen LogP contribution in [0.2, 0.25) is 5.02 Å². The fourth-order valence-corrected chi connectivity index (χ4v) is 2.52. The third-order valence-electron chi connectivity index (χ3n) is 3.50. The minimum Gasteiger partial charge on any atom is -0.452 e. The van der Waals surface area contributed by atoms with Crippen LogP contribution >= 0.6 is 11.6 Å². The number of carbonyl (C=O) groups excluding carboxylic acids is 3. The molecule has 0 aromatic heterocycles. The molecule has 0 spiro atoms. The molecule has 0 aliphatic heterocycles. The number of aryl methyl sites for hydroxylation is 1. The molecule has 2 amide bonds. The van der Waals surface area contributed by atoms with Crippen molar-refractivity contribution in [2.24, 2.45) is 0 Å². The summed E-state index contributed by atoms with van der Waals surface area (Å²) in [6.07, 6.45) is -0.598. The van der Waals surface area contributed by atoms with Crippen LogP contribution in [0.1, 0.15) is 36.7 Å². The zero-order chi connectivity index (χ0) is 21.6. The van der Waals surface area contributed by atoms with Gasteiger partial charge in [0.05, 0.1) is 16.3 Å². The van der Waals surface area contributed by atoms with Gasteiger partial charge in [0, 0.05) is 5.69 Å². The number of amides is 2. The Morgan fingerprint density at radius 1 is 1.00 bits per heavy atom. The summed E-state index contributed by atoms with van der Waals surface area (Å²) in [6.45, 7) is 6.70. The van der Waals surface area contributed by atoms with Crippen LogP contribution in [0.4, 0.5) is 16.2 Å². The van der Waals surface area contributed by atoms with Crippen molar-refractivity contribution in [3.8, 4) is 0 Å². The first-order valence-corrected chi connectivity index (χ1v) is 9.24. The number of benzene rings is 2. The molecule has 29 heavy (non-hydrogen) atoms. The van der Waals surface area contributed by atoms with Crippen molar-refractivity contribution in [2.45, 2.75) is 33.3 Å². The molecule has 0 heterocycles. The van der Waals surface area contributed by atoms with E-state index in [2.05, 4.69) is 10.6 Å². The van der Waals surface area contributed by atoms with Crippen molar-refractivity contribution >= 4 is 40.9 Å². The van der Waals surface area contributed by atoms with Gasteiger partial charge >= 0.3 is 12.1 Å². The van der Waals surface area contributed by atoms with Crippen LogP contribution in [0.15, 0.2) is 42.5 Å². The summed E-state index contributed by atoms with van der Waals surface area (Å²) in [5.41, 5.74) is 1.49. The second-order valence-electron chi connectivity index (χ2n) is 7.31. The lowest BCUT2D eigenvalue weighted by atomic mass is 10.2. The molecule has 0 saturated heterocycles. The minimum atomic E-state index is -0.668. The molecule has 0 bridgehead atoms. The van der Waals surface area contributed by atoms with Crippen molar-refractivity contribution < 1.29 is 23.9 Å². The van der Waals surface area contributed by atoms with Crippen LogP contribution in [0.3, 0.4) is 0 Å². The van der Waals surface area contributed by atoms with Crippen LogP contribution in [0.5, 0.6) is 0 Å². The SMILES string of the molecule is Cc1ccc(NC(=O)COC(=O)c2ccc(NC(=O)OC(C)(C)C)cc2)c(Cl)c1. The zero-order valence-electron chi connectivity index (χ0n) is 16.7. The predicted molar refractivity (Wildman–Crippen MR) is 111 cm³/mol. The second kappa shape index (κ2) is 9.43. The van der Waals surface area contributed by atoms with Crippen LogP contribution in [0.25, 0.3) is 0 Å². The van der Waals surface area contributed by atoms with E-state index in [0.29, 0.717) is 16.4 Å². The Balaban J connectivity index is 1.85. The summed E-state index contributed by atoms with van der Waals surface area (Å²) in [5.74, 6) is -1.17. The van der Waals surface area contributed by atoms with Crippen LogP contribution < -0.4 is 10.6 Å². The highest BCUT2D eigenvalue weighted by Gasteiger charge is 2.16. The third kappa shape index (κ3) is 7.46. The van der Waals surface area contributed by atoms with Gasteiger partial charge in [-0.2, -0.15) is 0 Å². The van der Waals surface area contributed by atoms with Gasteiger partial charge in [-0.25, -0.2) is 9.59 Å². The Labute approximate surface area is 174 Å². The number of hydrogen-bond donors (Lipinski definition) is 2. The summed E-state index contributed by atoms with van der Waals surface area (Å²) in [6, 6.07) is 11.2. The first-order valence-electron chi connectivity index (χ1n) is 8.87. The molecule has 2 N–H and O–H groups in total. The first-order chi connectivity index (χ1) is 13.5. The Morgan fingerprint density at radius 3 is 2.24 bits per heavy atom. The predicted octanol–water partition coefficient (Wildman–Crippen LogP) is 4.79. The third-order valence-corrected chi connectivity index (χ3v) is 3.81. The average Bonchev–Trinajstić information content (AvgIpc) is 2.61. The van der Waals surface area contributed by atoms with Crippen molar-refractivity contribution in [3.05, 3.63) is 58.6 Å². The molecule has 154 valence electrons. The normalized spacial score (nSPS) is 10.8. The van der Waals surface area contributed by atoms with Gasteiger partial charge in [-0.1, -0.05) is 17.7 Å². The molecule has 8 heteroatoms. The topological polar surface area (TPSA) is 93.7 Å². The van der Waals surface area contributed by atoms with E-state index in [1.165, 1.54) is 24.3 Å². The number of rotatable bonds is 5. The van der Waals surface area contributed by atoms with Gasteiger partial charge in [0.2, 0.25) is 0 Å². The summed E-state index contributed by atoms with van der Waals surface area (Å²) >= 11 is 6.06. The largest absolute Gasteiger partial charge is 0.452 e. The van der Waals surface area contributed by atoms with E-state index in [1.54, 1.807) is 39.0 Å². The van der Waals surface area contributed by atoms with Crippen molar-refractivity contribution in [2.75, 3.05) is 17.2 Å². The lowest BCUT2D eigenvalue weighted by molar-refractivity contribution is -0.119. The molecule has 2 rings (SSSR count). The number of ether oxygens (including phenoxy) is 2. The van der Waals surface area contributed by atoms with E-state index in [-0.39, 0.29) is 5.56 Å². The van der Waals surface area contributed by atoms with Gasteiger partial charge in [0.1, 0.15) is 5.60 Å². The van der Waals surface area contributed by atoms with Crippen LogP contribution in [0, 0.1) is 6.92 Å². The van der Waals surface area contributed by atoms with Crippen molar-refractivity contribution in [1.82, 2.24) is 0 Å². The molecule has 2 aromatic carbocycles. The highest BCUT2D eigenvalue weighted by molar-refractivity contribution is 6.33. The number of hydrogen-bond acceptors (Lipinski definition) is 5. The standard InChI is InChI=1S/C21H23ClN2O5/c1-13-5-10-17(16(22)11-13)24-18(25)12-28-19(26)14-6-8-15(9-7-14)23-20(27)29-21(2,3)4/h5-11H,12H2,1-4H3,(H,23,27)(H,24,25). The molecular formula is C21H23ClN2O5. The molecule has 0 unspecified atom stereocenters. The molecular weight excluding hydrogens is 396 g/mol. The maximum Gasteiger partial charge on any atom is 0.412 e. The van der Waals surface area contributed by atoms with Crippen molar-refractivity contribution in [1.29, 1.82) is 0 Å². The smallest absolute Gasteiger partial charge is 0.412 e. The number of carbonyl (C=O) groups is 3. The molecule has 0 aliphatic rings. The summed E-state index contributed by atoms with van der Waals surface area (Å²) in [7, 11) is 0. The molecule has 2 aromatic rings. The Hall–Kier alpha value is -3.06. The van der Waals surface area contributed by atoms with Crippen LogP contribution in [-0.2, 0) is 14.3 Å². The second-order valence-corrected chi connectivity index (χ2v) is 7.72. The van der Waals surface area contributed by atoms with Crippen molar-refractivity contribution in [3.63, 3.8) is 0 Å². The highest BCUT2D eigenvalue weighted by Crippen LogP contribution is 2.22. The van der Waals surface area contributed by atoms with E-state index in [0.717, 1.165) is 5.56 Å². The zero-order valence-corrected chi connectivity index (χ0v) is 17.4. The van der Waals surface area contributed by atoms with Gasteiger partial charge in [-0.3, -0.25) is 10.1 Å². The van der Waals surface area contributed by atoms with Crippen LogP contribution in [-0.4, -0.2) is 30.2 Å². The molecule has 0 atom stereocenters. The minimum absolute atomic E-state index is 0.237. The van der Waals surface area contributed by atoms with Gasteiger partial charge in [-0.15, -0.1) is 0 Å². The first kappa shape index (κ1) is 22.2. The number of halogens is 1. The van der Waals surface area contributed by atoms with E-state index in [1.807, 2.05) is 6.92 Å². The summed E-state index contributed by atoms with van der Waals surface area (Å²) in [5, 5.41) is 5.55. The lowest BCUT2D eigenvalue weighted by Gasteiger charge is -2.19. The summed E-state index contributed by atoms with van der Waals surface area (Å²) in [4.78, 5) is 35.8. The maximum absolute atomic E-state index is 12.1. The number of nitrogens with one attached hydrogen (secondary N) is 2. The van der Waals surface area contributed by atoms with Gasteiger partial charge in [-0.05, 0) is 69.7 Å². The number of anilines is 2. The van der Waals surface area contributed by atoms with E-state index in [4.69, 9.17) is 21.1 Å². The van der Waals surface area contributed by atoms with E-state index >= 15 is 0 Å². The average molecular weight is 419 g/mol. The van der Waals surface area contributed by atoms with E-state index in [9.17, 15) is 14.4 Å². The molecule has 7 nitrogen and oxygen atoms in total. The lowest BCUT2D eigenvalue weighted by Crippen LogP contribution is -2.27. The monoisotopic (exact) mass is 418 g/mol. The molecule has 0 fully saturated rings. The molecule has 0 aliphatic carbocycles. The number of esters is 1. The molecule has 0 radical (unpaired) electrons. The van der Waals surface area contributed by atoms with E-state index < -0.39 is 30.2 Å². The van der Waals surface area contributed by atoms with Gasteiger partial charge in [0.25, 0.3) is 5.91 Å². The Kier molecular flexibility index (Phi) is 7.23. The molecule has 0 saturated carbocycles. The highest BCUT2D eigenvalue weighted by atomic mass is 35.5. The Morgan fingerprint density at radius 2 is 1.66 bits per heavy atom. The summed E-state index contributed by atoms with van der Waals surface area (Å²) < 4.78 is 10.2. The van der Waals surface area contributed by atoms with Gasteiger partial charge in [0.15, 0.2) is 6.61 Å². The fraction of sp³-hybridized carbons (Fsp3) is 0.286. The van der Waals surface area contributed by atoms with Gasteiger partial charge < -0.3 is 14.8 Å². The Bertz CT molecular complexity index is 904. The quantitative estimate of drug-likeness (QED) is 0.681. The maximum atomic E-state index is 12.1.